The van der Waals surface area contributed by atoms with E-state index in [1.807, 2.05) is 31.2 Å². The minimum absolute atomic E-state index is 0.157. The molecule has 0 saturated heterocycles. The van der Waals surface area contributed by atoms with E-state index in [2.05, 4.69) is 20.8 Å². The van der Waals surface area contributed by atoms with Crippen molar-refractivity contribution in [3.05, 3.63) is 53.6 Å². The van der Waals surface area contributed by atoms with Crippen LogP contribution in [0.25, 0.3) is 5.69 Å². The summed E-state index contributed by atoms with van der Waals surface area (Å²) in [4.78, 5) is 12.5. The number of rotatable bonds is 7. The lowest BCUT2D eigenvalue weighted by Gasteiger charge is -2.13. The average molecular weight is 404 g/mol. The van der Waals surface area contributed by atoms with E-state index in [0.717, 1.165) is 5.69 Å². The van der Waals surface area contributed by atoms with E-state index >= 15 is 0 Å². The molecule has 0 bridgehead atoms. The monoisotopic (exact) mass is 403 g/mol. The first-order valence-corrected chi connectivity index (χ1v) is 9.58. The van der Waals surface area contributed by atoms with Crippen molar-refractivity contribution >= 4 is 35.0 Å². The maximum atomic E-state index is 12.5. The zero-order valence-corrected chi connectivity index (χ0v) is 16.4. The Kier molecular flexibility index (Phi) is 6.31. The number of nitrogens with one attached hydrogen (secondary N) is 1. The van der Waals surface area contributed by atoms with Crippen LogP contribution in [0.5, 0.6) is 5.75 Å². The molecular weight excluding hydrogens is 386 g/mol. The molecule has 0 radical (unpaired) electrons. The van der Waals surface area contributed by atoms with E-state index in [9.17, 15) is 4.79 Å². The molecule has 9 heteroatoms. The first-order valence-electron chi connectivity index (χ1n) is 8.32. The van der Waals surface area contributed by atoms with Crippen molar-refractivity contribution < 1.29 is 9.53 Å². The largest absolute Gasteiger partial charge is 0.492 e. The van der Waals surface area contributed by atoms with Crippen molar-refractivity contribution in [3.63, 3.8) is 0 Å². The Morgan fingerprint density at radius 3 is 2.74 bits per heavy atom. The molecule has 0 fully saturated rings. The smallest absolute Gasteiger partial charge is 0.237 e. The molecule has 0 spiro atoms. The highest BCUT2D eigenvalue weighted by atomic mass is 35.5. The predicted octanol–water partition coefficient (Wildman–Crippen LogP) is 3.83. The number of halogens is 1. The van der Waals surface area contributed by atoms with Crippen molar-refractivity contribution in [1.29, 1.82) is 0 Å². The van der Waals surface area contributed by atoms with Gasteiger partial charge < -0.3 is 10.1 Å². The molecule has 3 rings (SSSR count). The summed E-state index contributed by atoms with van der Waals surface area (Å²) in [5, 5.41) is 15.4. The van der Waals surface area contributed by atoms with Crippen LogP contribution in [-0.2, 0) is 4.79 Å². The molecule has 1 unspecified atom stereocenters. The van der Waals surface area contributed by atoms with Gasteiger partial charge in [0.1, 0.15) is 11.4 Å². The number of hydrogen-bond donors (Lipinski definition) is 1. The predicted molar refractivity (Wildman–Crippen MR) is 106 cm³/mol. The Labute approximate surface area is 166 Å². The third-order valence-electron chi connectivity index (χ3n) is 3.60. The third-order valence-corrected chi connectivity index (χ3v) is 4.88. The zero-order valence-electron chi connectivity index (χ0n) is 14.8. The van der Waals surface area contributed by atoms with Gasteiger partial charge in [-0.1, -0.05) is 35.5 Å². The van der Waals surface area contributed by atoms with E-state index in [1.165, 1.54) is 11.8 Å². The van der Waals surface area contributed by atoms with Gasteiger partial charge in [-0.2, -0.15) is 4.68 Å². The number of para-hydroxylation sites is 2. The van der Waals surface area contributed by atoms with Gasteiger partial charge in [-0.3, -0.25) is 4.79 Å². The van der Waals surface area contributed by atoms with Gasteiger partial charge in [0.2, 0.25) is 11.1 Å². The summed E-state index contributed by atoms with van der Waals surface area (Å²) in [6, 6.07) is 14.4. The fourth-order valence-electron chi connectivity index (χ4n) is 2.30. The van der Waals surface area contributed by atoms with E-state index < -0.39 is 5.25 Å². The van der Waals surface area contributed by atoms with Crippen LogP contribution in [-0.4, -0.2) is 38.0 Å². The summed E-state index contributed by atoms with van der Waals surface area (Å²) < 4.78 is 7.21. The normalized spacial score (nSPS) is 11.8. The van der Waals surface area contributed by atoms with Gasteiger partial charge in [-0.05, 0) is 60.7 Å². The van der Waals surface area contributed by atoms with Crippen molar-refractivity contribution in [2.24, 2.45) is 0 Å². The molecule has 1 aromatic heterocycles. The summed E-state index contributed by atoms with van der Waals surface area (Å²) in [7, 11) is 0. The van der Waals surface area contributed by atoms with E-state index in [-0.39, 0.29) is 5.91 Å². The number of nitrogens with zero attached hydrogens (tertiary/aromatic N) is 4. The minimum Gasteiger partial charge on any atom is -0.492 e. The summed E-state index contributed by atoms with van der Waals surface area (Å²) >= 11 is 7.13. The fourth-order valence-corrected chi connectivity index (χ4v) is 3.23. The number of aromatic nitrogens is 4. The maximum absolute atomic E-state index is 12.5. The average Bonchev–Trinajstić information content (AvgIpc) is 3.12. The molecule has 3 aromatic rings. The fraction of sp³-hybridized carbons (Fsp3) is 0.222. The second kappa shape index (κ2) is 8.88. The lowest BCUT2D eigenvalue weighted by Crippen LogP contribution is -2.22. The molecular formula is C18H18ClN5O2S. The molecule has 1 heterocycles. The number of ether oxygens (including phenoxy) is 1. The van der Waals surface area contributed by atoms with E-state index in [0.29, 0.717) is 28.2 Å². The summed E-state index contributed by atoms with van der Waals surface area (Å²) in [5.74, 6) is 0.516. The molecule has 0 aliphatic rings. The first-order chi connectivity index (χ1) is 13.1. The van der Waals surface area contributed by atoms with Gasteiger partial charge in [0.25, 0.3) is 0 Å². The van der Waals surface area contributed by atoms with Crippen LogP contribution in [0.3, 0.4) is 0 Å². The molecule has 140 valence electrons. The second-order valence-electron chi connectivity index (χ2n) is 5.53. The number of benzene rings is 2. The Balaban J connectivity index is 1.74. The molecule has 0 aliphatic carbocycles. The summed E-state index contributed by atoms with van der Waals surface area (Å²) in [5.41, 5.74) is 1.40. The minimum atomic E-state index is -0.412. The van der Waals surface area contributed by atoms with Gasteiger partial charge in [0.05, 0.1) is 11.9 Å². The van der Waals surface area contributed by atoms with Crippen LogP contribution in [0.15, 0.2) is 53.7 Å². The van der Waals surface area contributed by atoms with Gasteiger partial charge in [-0.15, -0.1) is 5.10 Å². The number of carbonyl (C=O) groups is 1. The molecule has 1 N–H and O–H groups in total. The van der Waals surface area contributed by atoms with Gasteiger partial charge >= 0.3 is 0 Å². The topological polar surface area (TPSA) is 81.9 Å². The van der Waals surface area contributed by atoms with Gasteiger partial charge in [0, 0.05) is 10.7 Å². The quantitative estimate of drug-likeness (QED) is 0.603. The number of tetrazole rings is 1. The molecule has 2 aromatic carbocycles. The molecule has 0 saturated carbocycles. The lowest BCUT2D eigenvalue weighted by atomic mass is 10.3. The Bertz CT molecular complexity index is 916. The van der Waals surface area contributed by atoms with Crippen LogP contribution >= 0.6 is 23.4 Å². The first kappa shape index (κ1) is 19.2. The Hall–Kier alpha value is -2.58. The van der Waals surface area contributed by atoms with Crippen LogP contribution in [0.4, 0.5) is 5.69 Å². The summed E-state index contributed by atoms with van der Waals surface area (Å²) in [6.45, 7) is 4.24. The number of thioether (sulfide) groups is 1. The SMILES string of the molecule is CCOc1ccccc1-n1nnnc1SC(C)C(=O)Nc1ccc(Cl)cc1. The number of carbonyl (C=O) groups excluding carboxylic acids is 1. The lowest BCUT2D eigenvalue weighted by molar-refractivity contribution is -0.115. The van der Waals surface area contributed by atoms with Crippen LogP contribution in [0.1, 0.15) is 13.8 Å². The highest BCUT2D eigenvalue weighted by Crippen LogP contribution is 2.28. The molecule has 7 nitrogen and oxygen atoms in total. The Morgan fingerprint density at radius 1 is 1.26 bits per heavy atom. The van der Waals surface area contributed by atoms with Crippen molar-refractivity contribution in [2.75, 3.05) is 11.9 Å². The highest BCUT2D eigenvalue weighted by Gasteiger charge is 2.20. The third kappa shape index (κ3) is 4.78. The van der Waals surface area contributed by atoms with Crippen molar-refractivity contribution in [1.82, 2.24) is 20.2 Å². The highest BCUT2D eigenvalue weighted by molar-refractivity contribution is 8.00. The second-order valence-corrected chi connectivity index (χ2v) is 7.27. The van der Waals surface area contributed by atoms with E-state index in [1.54, 1.807) is 35.9 Å². The van der Waals surface area contributed by atoms with Crippen LogP contribution in [0, 0.1) is 0 Å². The Morgan fingerprint density at radius 2 is 2.00 bits per heavy atom. The maximum Gasteiger partial charge on any atom is 0.237 e. The van der Waals surface area contributed by atoms with Crippen LogP contribution < -0.4 is 10.1 Å². The van der Waals surface area contributed by atoms with Crippen molar-refractivity contribution in [2.45, 2.75) is 24.3 Å². The zero-order chi connectivity index (χ0) is 19.2. The van der Waals surface area contributed by atoms with Gasteiger partial charge in [-0.25, -0.2) is 0 Å². The number of hydrogen-bond acceptors (Lipinski definition) is 6. The van der Waals surface area contributed by atoms with Gasteiger partial charge in [0.15, 0.2) is 0 Å². The van der Waals surface area contributed by atoms with Crippen molar-refractivity contribution in [3.8, 4) is 11.4 Å². The molecule has 1 amide bonds. The summed E-state index contributed by atoms with van der Waals surface area (Å²) in [6.07, 6.45) is 0. The van der Waals surface area contributed by atoms with E-state index in [4.69, 9.17) is 16.3 Å². The standard InChI is InChI=1S/C18H18ClN5O2S/c1-3-26-16-7-5-4-6-15(16)24-18(21-22-23-24)27-12(2)17(25)20-14-10-8-13(19)9-11-14/h4-12H,3H2,1-2H3,(H,20,25). The van der Waals surface area contributed by atoms with Crippen LogP contribution in [0.2, 0.25) is 5.02 Å². The molecule has 1 atom stereocenters. The number of amides is 1. The number of anilines is 1. The molecule has 0 aliphatic heterocycles. The molecule has 27 heavy (non-hydrogen) atoms.